The molecule has 0 bridgehead atoms. The highest BCUT2D eigenvalue weighted by Crippen LogP contribution is 2.29. The normalized spacial score (nSPS) is 15.9. The Morgan fingerprint density at radius 3 is 3.03 bits per heavy atom. The number of aromatic amines is 1. The molecule has 10 heteroatoms. The van der Waals surface area contributed by atoms with Crippen molar-refractivity contribution in [2.24, 2.45) is 5.92 Å². The summed E-state index contributed by atoms with van der Waals surface area (Å²) in [6.07, 6.45) is 6.23. The molecule has 1 aliphatic rings. The van der Waals surface area contributed by atoms with Gasteiger partial charge in [0.05, 0.1) is 23.9 Å². The van der Waals surface area contributed by atoms with Gasteiger partial charge in [0.2, 0.25) is 0 Å². The Bertz CT molecular complexity index is 1380. The molecule has 35 heavy (non-hydrogen) atoms. The van der Waals surface area contributed by atoms with Crippen molar-refractivity contribution in [2.75, 3.05) is 32.1 Å². The van der Waals surface area contributed by atoms with E-state index in [0.717, 1.165) is 24.4 Å². The number of carbonyl (C=O) groups excluding carboxylic acids is 1. The van der Waals surface area contributed by atoms with Crippen LogP contribution in [0.4, 0.5) is 10.2 Å². The topological polar surface area (TPSA) is 96.0 Å². The lowest BCUT2D eigenvalue weighted by molar-refractivity contribution is 0.0677. The molecule has 1 amide bonds. The van der Waals surface area contributed by atoms with Crippen molar-refractivity contribution < 1.29 is 13.9 Å². The number of ether oxygens (including phenoxy) is 1. The van der Waals surface area contributed by atoms with Gasteiger partial charge in [-0.15, -0.1) is 0 Å². The minimum atomic E-state index is -0.539. The number of nitrogens with one attached hydrogen (secondary N) is 2. The van der Waals surface area contributed by atoms with Crippen LogP contribution >= 0.6 is 11.6 Å². The molecule has 180 valence electrons. The molecule has 8 nitrogen and oxygen atoms in total. The summed E-state index contributed by atoms with van der Waals surface area (Å²) in [6, 6.07) is 8.99. The van der Waals surface area contributed by atoms with Crippen LogP contribution in [0.3, 0.4) is 0 Å². The second-order valence-corrected chi connectivity index (χ2v) is 8.92. The average Bonchev–Trinajstić information content (AvgIpc) is 3.31. The van der Waals surface area contributed by atoms with Crippen LogP contribution in [-0.2, 0) is 0 Å². The van der Waals surface area contributed by atoms with E-state index >= 15 is 0 Å². The summed E-state index contributed by atoms with van der Waals surface area (Å²) in [6.45, 7) is 1.72. The molecular formula is C25H24ClFN6O2. The predicted molar refractivity (Wildman–Crippen MR) is 132 cm³/mol. The third kappa shape index (κ3) is 4.77. The van der Waals surface area contributed by atoms with Crippen LogP contribution < -0.4 is 10.1 Å². The van der Waals surface area contributed by atoms with Gasteiger partial charge in [-0.1, -0.05) is 23.7 Å². The predicted octanol–water partition coefficient (Wildman–Crippen LogP) is 4.79. The van der Waals surface area contributed by atoms with Crippen LogP contribution in [0.25, 0.3) is 22.4 Å². The third-order valence-electron chi connectivity index (χ3n) is 6.18. The molecule has 2 N–H and O–H groups in total. The number of fused-ring (bicyclic) bond motifs is 1. The molecule has 0 spiro atoms. The Morgan fingerprint density at radius 1 is 1.31 bits per heavy atom. The van der Waals surface area contributed by atoms with E-state index in [-0.39, 0.29) is 17.6 Å². The van der Waals surface area contributed by atoms with Gasteiger partial charge in [-0.2, -0.15) is 0 Å². The van der Waals surface area contributed by atoms with Gasteiger partial charge in [0.25, 0.3) is 5.91 Å². The number of hydrogen-bond acceptors (Lipinski definition) is 6. The maximum absolute atomic E-state index is 14.5. The van der Waals surface area contributed by atoms with E-state index in [1.54, 1.807) is 37.7 Å². The Kier molecular flexibility index (Phi) is 6.50. The molecule has 1 saturated heterocycles. The lowest BCUT2D eigenvalue weighted by atomic mass is 9.97. The monoisotopic (exact) mass is 494 g/mol. The Morgan fingerprint density at radius 2 is 2.17 bits per heavy atom. The van der Waals surface area contributed by atoms with Crippen LogP contribution in [0.15, 0.2) is 48.9 Å². The van der Waals surface area contributed by atoms with E-state index in [1.165, 1.54) is 0 Å². The summed E-state index contributed by atoms with van der Waals surface area (Å²) < 4.78 is 19.9. The van der Waals surface area contributed by atoms with E-state index in [2.05, 4.69) is 25.3 Å². The summed E-state index contributed by atoms with van der Waals surface area (Å²) >= 11 is 6.09. The van der Waals surface area contributed by atoms with Gasteiger partial charge in [-0.05, 0) is 37.0 Å². The number of H-pyrrole nitrogens is 1. The number of aromatic nitrogens is 4. The number of likely N-dealkylation sites (tertiary alicyclic amines) is 1. The highest BCUT2D eigenvalue weighted by Gasteiger charge is 2.26. The number of hydrogen-bond donors (Lipinski definition) is 2. The maximum Gasteiger partial charge on any atom is 0.257 e. The highest BCUT2D eigenvalue weighted by atomic mass is 35.5. The van der Waals surface area contributed by atoms with E-state index in [0.29, 0.717) is 53.0 Å². The second kappa shape index (κ2) is 9.87. The third-order valence-corrected chi connectivity index (χ3v) is 6.39. The molecule has 1 fully saturated rings. The zero-order chi connectivity index (χ0) is 24.4. The van der Waals surface area contributed by atoms with Crippen molar-refractivity contribution in [3.8, 4) is 17.1 Å². The fraction of sp³-hybridized carbons (Fsp3) is 0.280. The van der Waals surface area contributed by atoms with Gasteiger partial charge in [-0.25, -0.2) is 19.3 Å². The summed E-state index contributed by atoms with van der Waals surface area (Å²) in [4.78, 5) is 30.8. The fourth-order valence-corrected chi connectivity index (χ4v) is 4.59. The van der Waals surface area contributed by atoms with Gasteiger partial charge in [0.15, 0.2) is 17.5 Å². The number of methoxy groups -OCH3 is 1. The molecule has 4 heterocycles. The standard InChI is InChI=1S/C25H24ClFN6O2/c1-35-21-7-3-2-6-17(21)25(34)33-8-4-5-15(14-33)10-28-24-20(27)13-31-23(32-24)19-12-30-22-18(19)9-16(26)11-29-22/h2-3,6-7,9,11-13,15H,4-5,8,10,14H2,1H3,(H,29,30)(H,28,31,32). The van der Waals surface area contributed by atoms with E-state index < -0.39 is 5.82 Å². The number of pyridine rings is 1. The molecule has 3 aromatic heterocycles. The van der Waals surface area contributed by atoms with E-state index in [4.69, 9.17) is 16.3 Å². The number of para-hydroxylation sites is 1. The van der Waals surface area contributed by atoms with Gasteiger partial charge in [0, 0.05) is 43.0 Å². The number of amides is 1. The van der Waals surface area contributed by atoms with Crippen LogP contribution in [-0.4, -0.2) is 57.5 Å². The number of benzene rings is 1. The molecule has 1 aliphatic heterocycles. The number of rotatable bonds is 6. The quantitative estimate of drug-likeness (QED) is 0.400. The SMILES string of the molecule is COc1ccccc1C(=O)N1CCCC(CNc2nc(-c3c[nH]c4ncc(Cl)cc34)ncc2F)C1. The number of halogens is 2. The van der Waals surface area contributed by atoms with Gasteiger partial charge in [0.1, 0.15) is 11.4 Å². The van der Waals surface area contributed by atoms with E-state index in [1.807, 2.05) is 17.0 Å². The molecular weight excluding hydrogens is 471 g/mol. The van der Waals surface area contributed by atoms with Crippen LogP contribution in [0.5, 0.6) is 5.75 Å². The second-order valence-electron chi connectivity index (χ2n) is 8.48. The maximum atomic E-state index is 14.5. The largest absolute Gasteiger partial charge is 0.496 e. The summed E-state index contributed by atoms with van der Waals surface area (Å²) in [5.41, 5.74) is 1.88. The van der Waals surface area contributed by atoms with Crippen molar-refractivity contribution in [3.63, 3.8) is 0 Å². The Balaban J connectivity index is 1.29. The average molecular weight is 495 g/mol. The number of carbonyl (C=O) groups is 1. The first-order valence-electron chi connectivity index (χ1n) is 11.3. The first-order chi connectivity index (χ1) is 17.0. The Hall–Kier alpha value is -3.72. The molecule has 1 atom stereocenters. The van der Waals surface area contributed by atoms with Crippen LogP contribution in [0.1, 0.15) is 23.2 Å². The molecule has 0 radical (unpaired) electrons. The molecule has 0 aliphatic carbocycles. The fourth-order valence-electron chi connectivity index (χ4n) is 4.43. The van der Waals surface area contributed by atoms with Gasteiger partial charge in [-0.3, -0.25) is 4.79 Å². The lowest BCUT2D eigenvalue weighted by Crippen LogP contribution is -2.42. The van der Waals surface area contributed by atoms with Crippen LogP contribution in [0, 0.1) is 11.7 Å². The minimum absolute atomic E-state index is 0.0609. The van der Waals surface area contributed by atoms with Crippen molar-refractivity contribution in [2.45, 2.75) is 12.8 Å². The molecule has 4 aromatic rings. The van der Waals surface area contributed by atoms with Crippen molar-refractivity contribution >= 4 is 34.4 Å². The summed E-state index contributed by atoms with van der Waals surface area (Å²) in [7, 11) is 1.56. The number of nitrogens with zero attached hydrogens (tertiary/aromatic N) is 4. The summed E-state index contributed by atoms with van der Waals surface area (Å²) in [5, 5.41) is 4.37. The van der Waals surface area contributed by atoms with Crippen molar-refractivity contribution in [3.05, 3.63) is 65.3 Å². The van der Waals surface area contributed by atoms with Gasteiger partial charge < -0.3 is 19.9 Å². The zero-order valence-corrected chi connectivity index (χ0v) is 19.8. The highest BCUT2D eigenvalue weighted by molar-refractivity contribution is 6.31. The number of piperidine rings is 1. The lowest BCUT2D eigenvalue weighted by Gasteiger charge is -2.33. The zero-order valence-electron chi connectivity index (χ0n) is 19.1. The molecule has 1 unspecified atom stereocenters. The number of anilines is 1. The molecule has 0 saturated carbocycles. The Labute approximate surface area is 206 Å². The van der Waals surface area contributed by atoms with Gasteiger partial charge >= 0.3 is 0 Å². The van der Waals surface area contributed by atoms with Crippen molar-refractivity contribution in [1.29, 1.82) is 0 Å². The molecule has 5 rings (SSSR count). The minimum Gasteiger partial charge on any atom is -0.496 e. The van der Waals surface area contributed by atoms with Crippen molar-refractivity contribution in [1.82, 2.24) is 24.8 Å². The van der Waals surface area contributed by atoms with E-state index in [9.17, 15) is 9.18 Å². The van der Waals surface area contributed by atoms with Crippen LogP contribution in [0.2, 0.25) is 5.02 Å². The molecule has 1 aromatic carbocycles. The first kappa shape index (κ1) is 23.0. The summed E-state index contributed by atoms with van der Waals surface area (Å²) in [5.74, 6) is 0.587. The first-order valence-corrected chi connectivity index (χ1v) is 11.7. The smallest absolute Gasteiger partial charge is 0.257 e.